The number of likely N-dealkylation sites (tertiary alicyclic amines) is 1. The maximum Gasteiger partial charge on any atom is 0.243 e. The standard InChI is InChI=1S/C26H31N5O4S/c1-20-7-9-23(10-8-20)36(33,34)31-17-15-30(16-18-31)26(32)22-11-13-29(14-12-22)19-24-27-25(28-35-24)21-5-3-2-4-6-21/h2-10,22H,11-19H2,1H3. The van der Waals surface area contributed by atoms with Crippen LogP contribution in [0.5, 0.6) is 0 Å². The summed E-state index contributed by atoms with van der Waals surface area (Å²) in [6, 6.07) is 16.6. The Morgan fingerprint density at radius 2 is 1.61 bits per heavy atom. The van der Waals surface area contributed by atoms with Crippen LogP contribution in [0, 0.1) is 12.8 Å². The lowest BCUT2D eigenvalue weighted by molar-refractivity contribution is -0.138. The van der Waals surface area contributed by atoms with Crippen LogP contribution in [0.2, 0.25) is 0 Å². The number of rotatable bonds is 6. The van der Waals surface area contributed by atoms with E-state index in [-0.39, 0.29) is 11.8 Å². The summed E-state index contributed by atoms with van der Waals surface area (Å²) >= 11 is 0. The highest BCUT2D eigenvalue weighted by Crippen LogP contribution is 2.24. The van der Waals surface area contributed by atoms with E-state index in [9.17, 15) is 13.2 Å². The van der Waals surface area contributed by atoms with Crippen molar-refractivity contribution < 1.29 is 17.7 Å². The average molecular weight is 510 g/mol. The first-order valence-electron chi connectivity index (χ1n) is 12.4. The number of benzene rings is 2. The van der Waals surface area contributed by atoms with Gasteiger partial charge in [0.05, 0.1) is 11.4 Å². The van der Waals surface area contributed by atoms with Crippen LogP contribution in [0.1, 0.15) is 24.3 Å². The van der Waals surface area contributed by atoms with E-state index in [4.69, 9.17) is 4.52 Å². The fraction of sp³-hybridized carbons (Fsp3) is 0.423. The van der Waals surface area contributed by atoms with Gasteiger partial charge in [0.25, 0.3) is 0 Å². The minimum atomic E-state index is -3.54. The Hall–Kier alpha value is -3.08. The molecule has 0 radical (unpaired) electrons. The van der Waals surface area contributed by atoms with Crippen molar-refractivity contribution in [2.45, 2.75) is 31.2 Å². The molecule has 3 heterocycles. The van der Waals surface area contributed by atoms with Gasteiger partial charge in [-0.1, -0.05) is 53.2 Å². The maximum absolute atomic E-state index is 13.1. The van der Waals surface area contributed by atoms with Gasteiger partial charge in [0.15, 0.2) is 0 Å². The number of hydrogen-bond acceptors (Lipinski definition) is 7. The first-order valence-corrected chi connectivity index (χ1v) is 13.8. The van der Waals surface area contributed by atoms with Crippen LogP contribution in [0.15, 0.2) is 64.0 Å². The normalized spacial score (nSPS) is 18.4. The first-order chi connectivity index (χ1) is 17.4. The molecule has 2 aliphatic heterocycles. The van der Waals surface area contributed by atoms with Crippen LogP contribution >= 0.6 is 0 Å². The van der Waals surface area contributed by atoms with Crippen LogP contribution in [0.4, 0.5) is 0 Å². The number of sulfonamides is 1. The minimum Gasteiger partial charge on any atom is -0.340 e. The second kappa shape index (κ2) is 10.5. The molecule has 0 N–H and O–H groups in total. The Morgan fingerprint density at radius 1 is 0.944 bits per heavy atom. The van der Waals surface area contributed by atoms with Crippen LogP contribution in [-0.4, -0.2) is 77.8 Å². The van der Waals surface area contributed by atoms with E-state index in [1.807, 2.05) is 42.2 Å². The zero-order valence-corrected chi connectivity index (χ0v) is 21.2. The van der Waals surface area contributed by atoms with Crippen molar-refractivity contribution in [3.05, 3.63) is 66.1 Å². The van der Waals surface area contributed by atoms with E-state index in [0.717, 1.165) is 37.1 Å². The lowest BCUT2D eigenvalue weighted by Gasteiger charge is -2.38. The molecule has 5 rings (SSSR count). The monoisotopic (exact) mass is 509 g/mol. The predicted molar refractivity (Wildman–Crippen MR) is 134 cm³/mol. The molecule has 1 aromatic heterocycles. The van der Waals surface area contributed by atoms with Gasteiger partial charge >= 0.3 is 0 Å². The van der Waals surface area contributed by atoms with Gasteiger partial charge < -0.3 is 9.42 Å². The summed E-state index contributed by atoms with van der Waals surface area (Å²) in [5.74, 6) is 1.25. The molecule has 3 aromatic rings. The van der Waals surface area contributed by atoms with Gasteiger partial charge in [-0.15, -0.1) is 0 Å². The van der Waals surface area contributed by atoms with Gasteiger partial charge in [-0.05, 0) is 45.0 Å². The number of carbonyl (C=O) groups is 1. The van der Waals surface area contributed by atoms with Gasteiger partial charge in [0.1, 0.15) is 0 Å². The zero-order valence-electron chi connectivity index (χ0n) is 20.4. The molecule has 9 nitrogen and oxygen atoms in total. The van der Waals surface area contributed by atoms with Crippen molar-refractivity contribution >= 4 is 15.9 Å². The summed E-state index contributed by atoms with van der Waals surface area (Å²) in [6.07, 6.45) is 1.53. The molecule has 0 aliphatic carbocycles. The van der Waals surface area contributed by atoms with Crippen molar-refractivity contribution in [2.24, 2.45) is 5.92 Å². The second-order valence-corrected chi connectivity index (χ2v) is 11.4. The molecular formula is C26H31N5O4S. The molecule has 36 heavy (non-hydrogen) atoms. The molecule has 190 valence electrons. The van der Waals surface area contributed by atoms with E-state index in [1.165, 1.54) is 4.31 Å². The fourth-order valence-corrected chi connectivity index (χ4v) is 6.24. The van der Waals surface area contributed by atoms with Crippen molar-refractivity contribution in [3.8, 4) is 11.4 Å². The third-order valence-electron chi connectivity index (χ3n) is 7.00. The van der Waals surface area contributed by atoms with E-state index in [1.54, 1.807) is 24.3 Å². The number of piperazine rings is 1. The lowest BCUT2D eigenvalue weighted by atomic mass is 9.95. The highest BCUT2D eigenvalue weighted by molar-refractivity contribution is 7.89. The topological polar surface area (TPSA) is 99.9 Å². The lowest BCUT2D eigenvalue weighted by Crippen LogP contribution is -2.52. The third-order valence-corrected chi connectivity index (χ3v) is 8.92. The maximum atomic E-state index is 13.1. The van der Waals surface area contributed by atoms with Gasteiger partial charge in [-0.25, -0.2) is 8.42 Å². The van der Waals surface area contributed by atoms with Crippen molar-refractivity contribution in [2.75, 3.05) is 39.3 Å². The van der Waals surface area contributed by atoms with Gasteiger partial charge in [0.2, 0.25) is 27.6 Å². The molecule has 0 saturated carbocycles. The molecule has 2 aromatic carbocycles. The summed E-state index contributed by atoms with van der Waals surface area (Å²) in [4.78, 5) is 22.0. The summed E-state index contributed by atoms with van der Waals surface area (Å²) in [7, 11) is -3.54. The van der Waals surface area contributed by atoms with Gasteiger partial charge in [-0.3, -0.25) is 9.69 Å². The van der Waals surface area contributed by atoms with Crippen molar-refractivity contribution in [1.29, 1.82) is 0 Å². The number of piperidine rings is 1. The van der Waals surface area contributed by atoms with Gasteiger partial charge in [0, 0.05) is 37.7 Å². The summed E-state index contributed by atoms with van der Waals surface area (Å²) in [5, 5.41) is 4.08. The largest absolute Gasteiger partial charge is 0.340 e. The number of hydrogen-bond donors (Lipinski definition) is 0. The minimum absolute atomic E-state index is 0.0379. The van der Waals surface area contributed by atoms with Crippen LogP contribution in [0.3, 0.4) is 0 Å². The molecule has 2 fully saturated rings. The molecule has 0 spiro atoms. The highest BCUT2D eigenvalue weighted by Gasteiger charge is 2.34. The Morgan fingerprint density at radius 3 is 2.28 bits per heavy atom. The molecule has 2 saturated heterocycles. The molecule has 0 atom stereocenters. The Labute approximate surface area is 211 Å². The van der Waals surface area contributed by atoms with Gasteiger partial charge in [-0.2, -0.15) is 9.29 Å². The van der Waals surface area contributed by atoms with Crippen molar-refractivity contribution in [3.63, 3.8) is 0 Å². The van der Waals surface area contributed by atoms with Crippen molar-refractivity contribution in [1.82, 2.24) is 24.2 Å². The molecule has 0 bridgehead atoms. The van der Waals surface area contributed by atoms with E-state index in [2.05, 4.69) is 15.0 Å². The fourth-order valence-electron chi connectivity index (χ4n) is 4.82. The zero-order chi connectivity index (χ0) is 25.1. The Kier molecular flexibility index (Phi) is 7.17. The number of carbonyl (C=O) groups excluding carboxylic acids is 1. The highest BCUT2D eigenvalue weighted by atomic mass is 32.2. The van der Waals surface area contributed by atoms with E-state index < -0.39 is 10.0 Å². The molecular weight excluding hydrogens is 478 g/mol. The summed E-state index contributed by atoms with van der Waals surface area (Å²) in [6.45, 7) is 5.54. The molecule has 1 amide bonds. The number of amides is 1. The number of aromatic nitrogens is 2. The molecule has 2 aliphatic rings. The van der Waals surface area contributed by atoms with Crippen LogP contribution in [-0.2, 0) is 21.4 Å². The SMILES string of the molecule is Cc1ccc(S(=O)(=O)N2CCN(C(=O)C3CCN(Cc4nc(-c5ccccc5)no4)CC3)CC2)cc1. The van der Waals surface area contributed by atoms with E-state index >= 15 is 0 Å². The molecule has 0 unspecified atom stereocenters. The number of aryl methyl sites for hydroxylation is 1. The molecule has 10 heteroatoms. The first kappa shape index (κ1) is 24.6. The Balaban J connectivity index is 1.10. The third kappa shape index (κ3) is 5.35. The average Bonchev–Trinajstić information content (AvgIpc) is 3.38. The second-order valence-electron chi connectivity index (χ2n) is 9.47. The predicted octanol–water partition coefficient (Wildman–Crippen LogP) is 2.79. The van der Waals surface area contributed by atoms with E-state index in [0.29, 0.717) is 49.3 Å². The quantitative estimate of drug-likeness (QED) is 0.504. The van der Waals surface area contributed by atoms with Crippen LogP contribution in [0.25, 0.3) is 11.4 Å². The smallest absolute Gasteiger partial charge is 0.243 e. The summed E-state index contributed by atoms with van der Waals surface area (Å²) in [5.41, 5.74) is 1.94. The number of nitrogens with zero attached hydrogens (tertiary/aromatic N) is 5. The Bertz CT molecular complexity index is 1280. The summed E-state index contributed by atoms with van der Waals surface area (Å²) < 4.78 is 32.8. The van der Waals surface area contributed by atoms with Crippen LogP contribution < -0.4 is 0 Å².